The van der Waals surface area contributed by atoms with Gasteiger partial charge in [-0.3, -0.25) is 4.79 Å². The van der Waals surface area contributed by atoms with Crippen molar-refractivity contribution in [2.75, 3.05) is 19.6 Å². The van der Waals surface area contributed by atoms with E-state index in [0.29, 0.717) is 31.2 Å². The van der Waals surface area contributed by atoms with Crippen molar-refractivity contribution in [1.29, 1.82) is 0 Å². The molecule has 2 heterocycles. The lowest BCUT2D eigenvalue weighted by atomic mass is 9.98. The number of hydrogen-bond acceptors (Lipinski definition) is 4. The molecular formula is C12H18N4O3. The van der Waals surface area contributed by atoms with Crippen LogP contribution in [-0.4, -0.2) is 39.9 Å². The van der Waals surface area contributed by atoms with E-state index in [1.54, 1.807) is 4.90 Å². The third kappa shape index (κ3) is 2.60. The monoisotopic (exact) mass is 266 g/mol. The zero-order chi connectivity index (χ0) is 14.0. The fraction of sp³-hybridized carbons (Fsp3) is 0.583. The molecule has 0 radical (unpaired) electrons. The van der Waals surface area contributed by atoms with Gasteiger partial charge < -0.3 is 20.7 Å². The molecule has 1 aliphatic heterocycles. The molecule has 19 heavy (non-hydrogen) atoms. The number of carbonyl (C=O) groups is 1. The van der Waals surface area contributed by atoms with Crippen LogP contribution >= 0.6 is 0 Å². The van der Waals surface area contributed by atoms with Gasteiger partial charge in [-0.2, -0.15) is 0 Å². The Morgan fingerprint density at radius 1 is 1.58 bits per heavy atom. The molecule has 0 bridgehead atoms. The third-order valence-corrected chi connectivity index (χ3v) is 3.64. The Morgan fingerprint density at radius 2 is 2.32 bits per heavy atom. The van der Waals surface area contributed by atoms with Crippen LogP contribution < -0.4 is 5.73 Å². The van der Waals surface area contributed by atoms with E-state index in [0.717, 1.165) is 12.8 Å². The topological polar surface area (TPSA) is 94.4 Å². The Kier molecular flexibility index (Phi) is 3.84. The molecule has 1 aliphatic rings. The molecule has 7 nitrogen and oxygen atoms in total. The van der Waals surface area contributed by atoms with Gasteiger partial charge >= 0.3 is 5.82 Å². The zero-order valence-corrected chi connectivity index (χ0v) is 10.9. The van der Waals surface area contributed by atoms with Crippen LogP contribution in [-0.2, 0) is 7.05 Å². The van der Waals surface area contributed by atoms with Crippen molar-refractivity contribution in [3.63, 3.8) is 0 Å². The van der Waals surface area contributed by atoms with Crippen molar-refractivity contribution in [3.8, 4) is 0 Å². The fourth-order valence-corrected chi connectivity index (χ4v) is 2.50. The highest BCUT2D eigenvalue weighted by molar-refractivity contribution is 5.93. The summed E-state index contributed by atoms with van der Waals surface area (Å²) < 4.78 is 1.33. The van der Waals surface area contributed by atoms with E-state index < -0.39 is 4.92 Å². The molecule has 2 rings (SSSR count). The van der Waals surface area contributed by atoms with Gasteiger partial charge in [-0.05, 0) is 36.3 Å². The Balaban J connectivity index is 2.17. The first-order chi connectivity index (χ1) is 9.04. The summed E-state index contributed by atoms with van der Waals surface area (Å²) in [7, 11) is 1.54. The number of piperidine rings is 1. The predicted molar refractivity (Wildman–Crippen MR) is 69.7 cm³/mol. The lowest BCUT2D eigenvalue weighted by molar-refractivity contribution is -0.391. The summed E-state index contributed by atoms with van der Waals surface area (Å²) >= 11 is 0. The first kappa shape index (κ1) is 13.5. The van der Waals surface area contributed by atoms with Crippen molar-refractivity contribution in [3.05, 3.63) is 27.9 Å². The number of hydrogen-bond donors (Lipinski definition) is 1. The largest absolute Gasteiger partial charge is 0.358 e. The smallest absolute Gasteiger partial charge is 0.323 e. The van der Waals surface area contributed by atoms with Crippen LogP contribution in [0.1, 0.15) is 23.3 Å². The molecule has 1 fully saturated rings. The Morgan fingerprint density at radius 3 is 2.89 bits per heavy atom. The van der Waals surface area contributed by atoms with Crippen LogP contribution in [0, 0.1) is 16.0 Å². The highest BCUT2D eigenvalue weighted by atomic mass is 16.6. The second-order valence-corrected chi connectivity index (χ2v) is 4.89. The van der Waals surface area contributed by atoms with Gasteiger partial charge in [-0.25, -0.2) is 4.57 Å². The molecule has 0 spiro atoms. The molecule has 1 aromatic heterocycles. The first-order valence-corrected chi connectivity index (χ1v) is 6.34. The summed E-state index contributed by atoms with van der Waals surface area (Å²) in [5.74, 6) is 0.0949. The average Bonchev–Trinajstić information content (AvgIpc) is 2.80. The summed E-state index contributed by atoms with van der Waals surface area (Å²) in [6.07, 6.45) is 1.97. The number of aromatic nitrogens is 1. The minimum atomic E-state index is -0.490. The molecule has 0 aliphatic carbocycles. The number of nitro groups is 1. The number of amides is 1. The number of nitrogens with two attached hydrogens (primary N) is 1. The van der Waals surface area contributed by atoms with Crippen LogP contribution in [0.25, 0.3) is 0 Å². The highest BCUT2D eigenvalue weighted by Gasteiger charge is 2.28. The van der Waals surface area contributed by atoms with Crippen molar-refractivity contribution in [2.24, 2.45) is 18.7 Å². The van der Waals surface area contributed by atoms with Gasteiger partial charge in [0.05, 0.1) is 7.05 Å². The van der Waals surface area contributed by atoms with E-state index >= 15 is 0 Å². The standard InChI is InChI=1S/C12H18N4O3/c1-14-10(4-5-11(14)16(18)19)12(17)15-6-2-3-9(7-13)8-15/h4-5,9H,2-3,6-8,13H2,1H3. The van der Waals surface area contributed by atoms with Gasteiger partial charge in [0, 0.05) is 19.2 Å². The summed E-state index contributed by atoms with van der Waals surface area (Å²) in [6, 6.07) is 2.87. The molecule has 1 saturated heterocycles. The lowest BCUT2D eigenvalue weighted by Gasteiger charge is -2.31. The Labute approximate surface area is 111 Å². The molecule has 0 aromatic carbocycles. The number of nitrogens with zero attached hydrogens (tertiary/aromatic N) is 3. The summed E-state index contributed by atoms with van der Waals surface area (Å²) in [4.78, 5) is 24.4. The number of rotatable bonds is 3. The quantitative estimate of drug-likeness (QED) is 0.645. The highest BCUT2D eigenvalue weighted by Crippen LogP contribution is 2.20. The van der Waals surface area contributed by atoms with Crippen molar-refractivity contribution < 1.29 is 9.72 Å². The predicted octanol–water partition coefficient (Wildman–Crippen LogP) is 0.744. The minimum absolute atomic E-state index is 0.0734. The molecule has 1 aromatic rings. The molecule has 1 unspecified atom stereocenters. The van der Waals surface area contributed by atoms with Crippen LogP contribution in [0.4, 0.5) is 5.82 Å². The van der Waals surface area contributed by atoms with Crippen LogP contribution in [0.5, 0.6) is 0 Å². The van der Waals surface area contributed by atoms with Gasteiger partial charge in [0.15, 0.2) is 5.69 Å². The van der Waals surface area contributed by atoms with Crippen LogP contribution in [0.15, 0.2) is 12.1 Å². The second kappa shape index (κ2) is 5.40. The molecule has 0 saturated carbocycles. The maximum Gasteiger partial charge on any atom is 0.323 e. The van der Waals surface area contributed by atoms with E-state index in [1.807, 2.05) is 0 Å². The Bertz CT molecular complexity index is 497. The number of carbonyl (C=O) groups excluding carboxylic acids is 1. The van der Waals surface area contributed by atoms with Crippen molar-refractivity contribution in [2.45, 2.75) is 12.8 Å². The third-order valence-electron chi connectivity index (χ3n) is 3.64. The molecule has 1 atom stereocenters. The fourth-order valence-electron chi connectivity index (χ4n) is 2.50. The van der Waals surface area contributed by atoms with E-state index in [2.05, 4.69) is 0 Å². The van der Waals surface area contributed by atoms with Gasteiger partial charge in [0.1, 0.15) is 0 Å². The van der Waals surface area contributed by atoms with Crippen LogP contribution in [0.3, 0.4) is 0 Å². The van der Waals surface area contributed by atoms with Gasteiger partial charge in [-0.15, -0.1) is 0 Å². The normalized spacial score (nSPS) is 19.5. The lowest BCUT2D eigenvalue weighted by Crippen LogP contribution is -2.42. The minimum Gasteiger partial charge on any atom is -0.358 e. The van der Waals surface area contributed by atoms with Crippen LogP contribution in [0.2, 0.25) is 0 Å². The Hall–Kier alpha value is -1.89. The molecule has 1 amide bonds. The molecule has 2 N–H and O–H groups in total. The maximum atomic E-state index is 12.4. The van der Waals surface area contributed by atoms with Gasteiger partial charge in [-0.1, -0.05) is 0 Å². The zero-order valence-electron chi connectivity index (χ0n) is 10.9. The molecular weight excluding hydrogens is 248 g/mol. The van der Waals surface area contributed by atoms with Crippen molar-refractivity contribution in [1.82, 2.24) is 9.47 Å². The van der Waals surface area contributed by atoms with Gasteiger partial charge in [0.25, 0.3) is 5.91 Å². The SMILES string of the molecule is Cn1c(C(=O)N2CCCC(CN)C2)ccc1[N+](=O)[O-]. The maximum absolute atomic E-state index is 12.4. The van der Waals surface area contributed by atoms with Gasteiger partial charge in [0.2, 0.25) is 0 Å². The second-order valence-electron chi connectivity index (χ2n) is 4.89. The summed E-state index contributed by atoms with van der Waals surface area (Å²) in [5, 5.41) is 10.8. The summed E-state index contributed by atoms with van der Waals surface area (Å²) in [6.45, 7) is 1.89. The first-order valence-electron chi connectivity index (χ1n) is 6.34. The van der Waals surface area contributed by atoms with E-state index in [-0.39, 0.29) is 11.7 Å². The van der Waals surface area contributed by atoms with E-state index in [1.165, 1.54) is 23.7 Å². The van der Waals surface area contributed by atoms with Crippen molar-refractivity contribution >= 4 is 11.7 Å². The molecule has 7 heteroatoms. The molecule has 104 valence electrons. The van der Waals surface area contributed by atoms with E-state index in [9.17, 15) is 14.9 Å². The average molecular weight is 266 g/mol. The summed E-state index contributed by atoms with van der Waals surface area (Å²) in [5.41, 5.74) is 6.00. The van der Waals surface area contributed by atoms with E-state index in [4.69, 9.17) is 5.73 Å². The number of likely N-dealkylation sites (tertiary alicyclic amines) is 1.